The fraction of sp³-hybridized carbons (Fsp3) is 0.250. The normalized spacial score (nSPS) is 22.2. The Labute approximate surface area is 151 Å². The Morgan fingerprint density at radius 3 is 2.42 bits per heavy atom. The van der Waals surface area contributed by atoms with E-state index in [0.29, 0.717) is 24.2 Å². The highest BCUT2D eigenvalue weighted by Gasteiger charge is 2.49. The molecule has 2 aliphatic heterocycles. The van der Waals surface area contributed by atoms with Crippen LogP contribution in [0.5, 0.6) is 0 Å². The lowest BCUT2D eigenvalue weighted by Crippen LogP contribution is -2.65. The molecule has 2 heterocycles. The van der Waals surface area contributed by atoms with Crippen LogP contribution in [0.4, 0.5) is 10.5 Å². The maximum Gasteiger partial charge on any atom is 0.329 e. The lowest BCUT2D eigenvalue weighted by atomic mass is 10.0. The van der Waals surface area contributed by atoms with Gasteiger partial charge in [0.05, 0.1) is 11.7 Å². The molecule has 132 valence electrons. The second kappa shape index (κ2) is 6.29. The van der Waals surface area contributed by atoms with Crippen LogP contribution in [0.1, 0.15) is 22.3 Å². The zero-order valence-electron chi connectivity index (χ0n) is 14.4. The molecular formula is C20H19N3O3. The SMILES string of the molecule is Cc1ccc(N2C(=O)N[C@@H]3CCN(C(=O)c4ccccc4)[C@H]3C2=O)cc1. The number of imide groups is 1. The number of carbonyl (C=O) groups excluding carboxylic acids is 3. The largest absolute Gasteiger partial charge is 0.332 e. The molecule has 0 saturated carbocycles. The van der Waals surface area contributed by atoms with E-state index in [-0.39, 0.29) is 17.9 Å². The van der Waals surface area contributed by atoms with Gasteiger partial charge in [0.15, 0.2) is 0 Å². The van der Waals surface area contributed by atoms with Crippen molar-refractivity contribution in [3.63, 3.8) is 0 Å². The lowest BCUT2D eigenvalue weighted by Gasteiger charge is -2.36. The number of amides is 4. The Kier molecular flexibility index (Phi) is 3.95. The summed E-state index contributed by atoms with van der Waals surface area (Å²) in [7, 11) is 0. The fourth-order valence-corrected chi connectivity index (χ4v) is 3.62. The van der Waals surface area contributed by atoms with E-state index >= 15 is 0 Å². The summed E-state index contributed by atoms with van der Waals surface area (Å²) in [5.74, 6) is -0.546. The Bertz CT molecular complexity index is 864. The van der Waals surface area contributed by atoms with Crippen LogP contribution in [0.15, 0.2) is 54.6 Å². The molecule has 0 unspecified atom stereocenters. The van der Waals surface area contributed by atoms with Gasteiger partial charge < -0.3 is 10.2 Å². The zero-order chi connectivity index (χ0) is 18.3. The van der Waals surface area contributed by atoms with Crippen LogP contribution >= 0.6 is 0 Å². The number of carbonyl (C=O) groups is 3. The van der Waals surface area contributed by atoms with Crippen molar-refractivity contribution < 1.29 is 14.4 Å². The molecule has 0 spiro atoms. The van der Waals surface area contributed by atoms with Crippen molar-refractivity contribution >= 4 is 23.5 Å². The summed E-state index contributed by atoms with van der Waals surface area (Å²) in [6.07, 6.45) is 0.572. The Morgan fingerprint density at radius 2 is 1.73 bits per heavy atom. The first-order chi connectivity index (χ1) is 12.6. The Morgan fingerprint density at radius 1 is 1.04 bits per heavy atom. The van der Waals surface area contributed by atoms with Gasteiger partial charge in [-0.05, 0) is 37.6 Å². The number of fused-ring (bicyclic) bond motifs is 1. The topological polar surface area (TPSA) is 69.7 Å². The number of urea groups is 1. The predicted octanol–water partition coefficient (Wildman–Crippen LogP) is 2.33. The summed E-state index contributed by atoms with van der Waals surface area (Å²) < 4.78 is 0. The van der Waals surface area contributed by atoms with Crippen LogP contribution in [0.25, 0.3) is 0 Å². The van der Waals surface area contributed by atoms with Gasteiger partial charge in [0, 0.05) is 12.1 Å². The van der Waals surface area contributed by atoms with Gasteiger partial charge in [0.1, 0.15) is 6.04 Å². The third-order valence-electron chi connectivity index (χ3n) is 4.96. The van der Waals surface area contributed by atoms with Crippen LogP contribution in [0.3, 0.4) is 0 Å². The molecule has 4 rings (SSSR count). The molecule has 2 saturated heterocycles. The van der Waals surface area contributed by atoms with Crippen molar-refractivity contribution in [2.24, 2.45) is 0 Å². The summed E-state index contributed by atoms with van der Waals surface area (Å²) in [6, 6.07) is 14.6. The van der Waals surface area contributed by atoms with Gasteiger partial charge in [0.25, 0.3) is 11.8 Å². The maximum absolute atomic E-state index is 13.1. The first kappa shape index (κ1) is 16.3. The number of nitrogens with one attached hydrogen (secondary N) is 1. The van der Waals surface area contributed by atoms with Crippen molar-refractivity contribution in [2.75, 3.05) is 11.4 Å². The summed E-state index contributed by atoms with van der Waals surface area (Å²) in [4.78, 5) is 41.2. The predicted molar refractivity (Wildman–Crippen MR) is 96.9 cm³/mol. The second-order valence-electron chi connectivity index (χ2n) is 6.66. The first-order valence-corrected chi connectivity index (χ1v) is 8.63. The van der Waals surface area contributed by atoms with Crippen LogP contribution < -0.4 is 10.2 Å². The number of nitrogens with zero attached hydrogens (tertiary/aromatic N) is 2. The minimum Gasteiger partial charge on any atom is -0.332 e. The molecular weight excluding hydrogens is 330 g/mol. The number of rotatable bonds is 2. The summed E-state index contributed by atoms with van der Waals surface area (Å²) in [5, 5.41) is 2.88. The van der Waals surface area contributed by atoms with Crippen LogP contribution in [-0.2, 0) is 4.79 Å². The average molecular weight is 349 g/mol. The molecule has 0 radical (unpaired) electrons. The molecule has 4 amide bonds. The van der Waals surface area contributed by atoms with Crippen LogP contribution in [0, 0.1) is 6.92 Å². The Balaban J connectivity index is 1.65. The number of hydrogen-bond donors (Lipinski definition) is 1. The molecule has 0 bridgehead atoms. The van der Waals surface area contributed by atoms with Crippen molar-refractivity contribution in [3.8, 4) is 0 Å². The van der Waals surface area contributed by atoms with E-state index in [1.807, 2.05) is 25.1 Å². The summed E-state index contributed by atoms with van der Waals surface area (Å²) in [6.45, 7) is 2.38. The molecule has 0 aromatic heterocycles. The van der Waals surface area contributed by atoms with Gasteiger partial charge in [-0.2, -0.15) is 0 Å². The molecule has 6 heteroatoms. The standard InChI is InChI=1S/C20H19N3O3/c1-13-7-9-15(10-8-13)23-19(25)17-16(21-20(23)26)11-12-22(17)18(24)14-5-3-2-4-6-14/h2-10,16-17H,11-12H2,1H3,(H,21,26)/t16-,17-/m1/s1. The van der Waals surface area contributed by atoms with E-state index in [1.165, 1.54) is 0 Å². The fourth-order valence-electron chi connectivity index (χ4n) is 3.62. The monoisotopic (exact) mass is 349 g/mol. The van der Waals surface area contributed by atoms with Gasteiger partial charge >= 0.3 is 6.03 Å². The van der Waals surface area contributed by atoms with Gasteiger partial charge in [0.2, 0.25) is 0 Å². The number of benzene rings is 2. The van der Waals surface area contributed by atoms with Crippen molar-refractivity contribution in [1.82, 2.24) is 10.2 Å². The molecule has 2 atom stereocenters. The Hall–Kier alpha value is -3.15. The zero-order valence-corrected chi connectivity index (χ0v) is 14.4. The van der Waals surface area contributed by atoms with Crippen molar-refractivity contribution in [2.45, 2.75) is 25.4 Å². The number of aryl methyl sites for hydroxylation is 1. The highest BCUT2D eigenvalue weighted by atomic mass is 16.2. The van der Waals surface area contributed by atoms with Crippen LogP contribution in [0.2, 0.25) is 0 Å². The van der Waals surface area contributed by atoms with E-state index < -0.39 is 12.1 Å². The molecule has 2 aromatic carbocycles. The van der Waals surface area contributed by atoms with Gasteiger partial charge in [-0.1, -0.05) is 35.9 Å². The molecule has 2 aliphatic rings. The van der Waals surface area contributed by atoms with Crippen molar-refractivity contribution in [3.05, 3.63) is 65.7 Å². The molecule has 6 nitrogen and oxygen atoms in total. The summed E-state index contributed by atoms with van der Waals surface area (Å²) >= 11 is 0. The highest BCUT2D eigenvalue weighted by molar-refractivity contribution is 6.19. The smallest absolute Gasteiger partial charge is 0.329 e. The lowest BCUT2D eigenvalue weighted by molar-refractivity contribution is -0.122. The van der Waals surface area contributed by atoms with Gasteiger partial charge in [-0.15, -0.1) is 0 Å². The quantitative estimate of drug-likeness (QED) is 0.905. The second-order valence-corrected chi connectivity index (χ2v) is 6.66. The highest BCUT2D eigenvalue weighted by Crippen LogP contribution is 2.29. The summed E-state index contributed by atoms with van der Waals surface area (Å²) in [5.41, 5.74) is 2.09. The van der Waals surface area contributed by atoms with E-state index in [2.05, 4.69) is 5.32 Å². The number of hydrogen-bond acceptors (Lipinski definition) is 3. The van der Waals surface area contributed by atoms with E-state index in [9.17, 15) is 14.4 Å². The van der Waals surface area contributed by atoms with Crippen LogP contribution in [-0.4, -0.2) is 41.4 Å². The molecule has 2 fully saturated rings. The third kappa shape index (κ3) is 2.63. The minimum atomic E-state index is -0.679. The molecule has 26 heavy (non-hydrogen) atoms. The third-order valence-corrected chi connectivity index (χ3v) is 4.96. The molecule has 0 aliphatic carbocycles. The minimum absolute atomic E-state index is 0.188. The number of likely N-dealkylation sites (tertiary alicyclic amines) is 1. The molecule has 2 aromatic rings. The number of anilines is 1. The van der Waals surface area contributed by atoms with Gasteiger partial charge in [-0.25, -0.2) is 9.69 Å². The van der Waals surface area contributed by atoms with E-state index in [0.717, 1.165) is 10.5 Å². The molecule has 1 N–H and O–H groups in total. The van der Waals surface area contributed by atoms with Gasteiger partial charge in [-0.3, -0.25) is 9.59 Å². The average Bonchev–Trinajstić information content (AvgIpc) is 3.07. The maximum atomic E-state index is 13.1. The van der Waals surface area contributed by atoms with Crippen molar-refractivity contribution in [1.29, 1.82) is 0 Å². The first-order valence-electron chi connectivity index (χ1n) is 8.63. The van der Waals surface area contributed by atoms with E-state index in [4.69, 9.17) is 0 Å². The van der Waals surface area contributed by atoms with E-state index in [1.54, 1.807) is 41.3 Å².